The molecule has 25 heavy (non-hydrogen) atoms. The van der Waals surface area contributed by atoms with Crippen molar-refractivity contribution in [3.63, 3.8) is 0 Å². The molecule has 0 aliphatic heterocycles. The van der Waals surface area contributed by atoms with Crippen LogP contribution in [0.25, 0.3) is 10.9 Å². The molecule has 1 heterocycles. The Balaban J connectivity index is 1.77. The van der Waals surface area contributed by atoms with Gasteiger partial charge in [-0.05, 0) is 37.3 Å². The summed E-state index contributed by atoms with van der Waals surface area (Å²) in [7, 11) is 0. The van der Waals surface area contributed by atoms with E-state index in [9.17, 15) is 14.7 Å². The summed E-state index contributed by atoms with van der Waals surface area (Å²) in [6.45, 7) is 3.98. The molecule has 1 fully saturated rings. The number of hydrogen-bond acceptors (Lipinski definition) is 2. The monoisotopic (exact) mass is 342 g/mol. The fourth-order valence-electron chi connectivity index (χ4n) is 4.13. The number of carboxylic acids is 1. The number of H-pyrrole nitrogens is 1. The van der Waals surface area contributed by atoms with Gasteiger partial charge in [0.1, 0.15) is 0 Å². The maximum Gasteiger partial charge on any atom is 0.308 e. The molecule has 5 nitrogen and oxygen atoms in total. The average Bonchev–Trinajstić information content (AvgIpc) is 2.97. The van der Waals surface area contributed by atoms with Gasteiger partial charge < -0.3 is 15.4 Å². The number of carbonyl (C=O) groups is 2. The van der Waals surface area contributed by atoms with Crippen LogP contribution in [0.2, 0.25) is 0 Å². The first-order chi connectivity index (χ1) is 11.9. The van der Waals surface area contributed by atoms with E-state index in [1.807, 2.05) is 25.3 Å². The van der Waals surface area contributed by atoms with Crippen LogP contribution in [0.4, 0.5) is 0 Å². The quantitative estimate of drug-likeness (QED) is 0.778. The van der Waals surface area contributed by atoms with E-state index >= 15 is 0 Å². The number of amides is 1. The van der Waals surface area contributed by atoms with Crippen LogP contribution in [0, 0.1) is 5.92 Å². The van der Waals surface area contributed by atoms with Gasteiger partial charge in [0, 0.05) is 17.1 Å². The minimum absolute atomic E-state index is 0.113. The summed E-state index contributed by atoms with van der Waals surface area (Å²) in [4.78, 5) is 27.5. The predicted octanol–water partition coefficient (Wildman–Crippen LogP) is 3.42. The molecule has 1 aromatic heterocycles. The highest BCUT2D eigenvalue weighted by Crippen LogP contribution is 2.34. The van der Waals surface area contributed by atoms with E-state index in [0.717, 1.165) is 35.7 Å². The Labute approximate surface area is 147 Å². The number of fused-ring (bicyclic) bond motifs is 1. The number of benzene rings is 1. The van der Waals surface area contributed by atoms with Crippen LogP contribution in [0.3, 0.4) is 0 Å². The van der Waals surface area contributed by atoms with E-state index in [1.54, 1.807) is 0 Å². The van der Waals surface area contributed by atoms with Crippen molar-refractivity contribution in [2.45, 2.75) is 57.9 Å². The Morgan fingerprint density at radius 1 is 1.32 bits per heavy atom. The lowest BCUT2D eigenvalue weighted by atomic mass is 9.74. The van der Waals surface area contributed by atoms with Gasteiger partial charge in [-0.15, -0.1) is 0 Å². The van der Waals surface area contributed by atoms with Crippen LogP contribution in [0.5, 0.6) is 0 Å². The largest absolute Gasteiger partial charge is 0.481 e. The average molecular weight is 342 g/mol. The minimum atomic E-state index is -0.817. The molecule has 1 saturated carbocycles. The van der Waals surface area contributed by atoms with E-state index in [-0.39, 0.29) is 12.3 Å². The van der Waals surface area contributed by atoms with Gasteiger partial charge in [0.2, 0.25) is 5.91 Å². The van der Waals surface area contributed by atoms with E-state index in [1.165, 1.54) is 5.56 Å². The summed E-state index contributed by atoms with van der Waals surface area (Å²) in [5.41, 5.74) is 2.60. The Hall–Kier alpha value is -2.30. The van der Waals surface area contributed by atoms with Crippen molar-refractivity contribution in [1.82, 2.24) is 10.3 Å². The lowest BCUT2D eigenvalue weighted by molar-refractivity contribution is -0.146. The molecule has 3 rings (SSSR count). The molecule has 1 aromatic carbocycles. The summed E-state index contributed by atoms with van der Waals surface area (Å²) in [6, 6.07) is 6.12. The van der Waals surface area contributed by atoms with E-state index in [4.69, 9.17) is 0 Å². The smallest absolute Gasteiger partial charge is 0.308 e. The molecule has 3 N–H and O–H groups in total. The summed E-state index contributed by atoms with van der Waals surface area (Å²) in [5, 5.41) is 13.6. The number of hydrogen-bond donors (Lipinski definition) is 3. The highest BCUT2D eigenvalue weighted by Gasteiger charge is 2.42. The number of nitrogens with one attached hydrogen (secondary N) is 2. The maximum absolute atomic E-state index is 12.6. The lowest BCUT2D eigenvalue weighted by Gasteiger charge is -2.39. The van der Waals surface area contributed by atoms with Crippen molar-refractivity contribution < 1.29 is 14.7 Å². The second-order valence-corrected chi connectivity index (χ2v) is 7.29. The van der Waals surface area contributed by atoms with E-state index < -0.39 is 17.4 Å². The molecule has 0 radical (unpaired) electrons. The summed E-state index contributed by atoms with van der Waals surface area (Å²) in [5.74, 6) is -1.44. The van der Waals surface area contributed by atoms with Gasteiger partial charge in [0.05, 0.1) is 17.9 Å². The molecule has 134 valence electrons. The van der Waals surface area contributed by atoms with Crippen LogP contribution in [0.15, 0.2) is 24.4 Å². The van der Waals surface area contributed by atoms with Crippen LogP contribution >= 0.6 is 0 Å². The molecule has 2 aromatic rings. The Bertz CT molecular complexity index is 795. The highest BCUT2D eigenvalue weighted by molar-refractivity contribution is 5.91. The van der Waals surface area contributed by atoms with Crippen LogP contribution in [-0.4, -0.2) is 27.5 Å². The molecule has 0 saturated heterocycles. The Morgan fingerprint density at radius 3 is 2.84 bits per heavy atom. The van der Waals surface area contributed by atoms with Gasteiger partial charge in [-0.3, -0.25) is 9.59 Å². The first-order valence-electron chi connectivity index (χ1n) is 9.06. The fraction of sp³-hybridized carbons (Fsp3) is 0.500. The highest BCUT2D eigenvalue weighted by atomic mass is 16.4. The third-order valence-electron chi connectivity index (χ3n) is 5.55. The zero-order valence-corrected chi connectivity index (χ0v) is 14.9. The van der Waals surface area contributed by atoms with Crippen molar-refractivity contribution >= 4 is 22.8 Å². The second-order valence-electron chi connectivity index (χ2n) is 7.29. The minimum Gasteiger partial charge on any atom is -0.481 e. The SMILES string of the molecule is CCc1cccc2c(CC(=O)NC3(C)CCCCC3C(=O)O)c[nH]c12. The number of carboxylic acid groups (broad SMARTS) is 1. The number of aliphatic carboxylic acids is 1. The third kappa shape index (κ3) is 3.41. The molecule has 0 bridgehead atoms. The van der Waals surface area contributed by atoms with Crippen molar-refractivity contribution in [2.24, 2.45) is 5.92 Å². The van der Waals surface area contributed by atoms with Crippen LogP contribution in [-0.2, 0) is 22.4 Å². The first kappa shape index (κ1) is 17.5. The number of aryl methyl sites for hydroxylation is 1. The second kappa shape index (κ2) is 6.90. The van der Waals surface area contributed by atoms with E-state index in [0.29, 0.717) is 12.8 Å². The molecular weight excluding hydrogens is 316 g/mol. The van der Waals surface area contributed by atoms with Crippen LogP contribution < -0.4 is 5.32 Å². The number of carbonyl (C=O) groups excluding carboxylic acids is 1. The molecule has 1 amide bonds. The van der Waals surface area contributed by atoms with Gasteiger partial charge in [-0.2, -0.15) is 0 Å². The lowest BCUT2D eigenvalue weighted by Crippen LogP contribution is -2.55. The summed E-state index contributed by atoms with van der Waals surface area (Å²) < 4.78 is 0. The summed E-state index contributed by atoms with van der Waals surface area (Å²) >= 11 is 0. The zero-order valence-electron chi connectivity index (χ0n) is 14.9. The van der Waals surface area contributed by atoms with Crippen molar-refractivity contribution in [2.75, 3.05) is 0 Å². The summed E-state index contributed by atoms with van der Waals surface area (Å²) in [6.07, 6.45) is 6.28. The number of aromatic nitrogens is 1. The standard InChI is InChI=1S/C20H26N2O3/c1-3-13-7-6-8-15-14(12-21-18(13)15)11-17(23)22-20(2)10-5-4-9-16(20)19(24)25/h6-8,12,16,21H,3-5,9-11H2,1-2H3,(H,22,23)(H,24,25). The zero-order chi connectivity index (χ0) is 18.0. The van der Waals surface area contributed by atoms with Crippen molar-refractivity contribution in [1.29, 1.82) is 0 Å². The van der Waals surface area contributed by atoms with Crippen molar-refractivity contribution in [3.05, 3.63) is 35.5 Å². The van der Waals surface area contributed by atoms with E-state index in [2.05, 4.69) is 23.3 Å². The molecule has 2 atom stereocenters. The first-order valence-corrected chi connectivity index (χ1v) is 9.06. The Morgan fingerprint density at radius 2 is 2.12 bits per heavy atom. The van der Waals surface area contributed by atoms with Gasteiger partial charge in [-0.25, -0.2) is 0 Å². The Kier molecular flexibility index (Phi) is 4.84. The van der Waals surface area contributed by atoms with Crippen molar-refractivity contribution in [3.8, 4) is 0 Å². The number of aromatic amines is 1. The predicted molar refractivity (Wildman–Crippen MR) is 97.5 cm³/mol. The van der Waals surface area contributed by atoms with Gasteiger partial charge in [0.25, 0.3) is 0 Å². The van der Waals surface area contributed by atoms with Gasteiger partial charge >= 0.3 is 5.97 Å². The third-order valence-corrected chi connectivity index (χ3v) is 5.55. The van der Waals surface area contributed by atoms with Gasteiger partial charge in [-0.1, -0.05) is 38.0 Å². The number of para-hydroxylation sites is 1. The fourth-order valence-corrected chi connectivity index (χ4v) is 4.13. The number of rotatable bonds is 5. The molecule has 5 heteroatoms. The molecule has 2 unspecified atom stereocenters. The maximum atomic E-state index is 12.6. The van der Waals surface area contributed by atoms with Crippen LogP contribution in [0.1, 0.15) is 50.7 Å². The van der Waals surface area contributed by atoms with Gasteiger partial charge in [0.15, 0.2) is 0 Å². The molecule has 1 aliphatic rings. The molecule has 1 aliphatic carbocycles. The molecular formula is C20H26N2O3. The topological polar surface area (TPSA) is 82.2 Å². The molecule has 0 spiro atoms. The normalized spacial score (nSPS) is 23.5.